The fourth-order valence-corrected chi connectivity index (χ4v) is 2.91. The molecule has 0 amide bonds. The smallest absolute Gasteiger partial charge is 0.341 e. The zero-order valence-corrected chi connectivity index (χ0v) is 12.1. The van der Waals surface area contributed by atoms with Gasteiger partial charge in [0.25, 0.3) is 0 Å². The first-order chi connectivity index (χ1) is 8.70. The number of thiophene rings is 1. The van der Waals surface area contributed by atoms with Gasteiger partial charge in [-0.1, -0.05) is 0 Å². The predicted octanol–water partition coefficient (Wildman–Crippen LogP) is 3.18. The molecular weight excluding hydrogens is 318 g/mol. The summed E-state index contributed by atoms with van der Waals surface area (Å²) in [6.07, 6.45) is 1.41. The van der Waals surface area contributed by atoms with E-state index >= 15 is 0 Å². The molecule has 0 aliphatic carbocycles. The maximum atomic E-state index is 11.2. The van der Waals surface area contributed by atoms with Crippen molar-refractivity contribution in [1.29, 1.82) is 0 Å². The molecule has 0 spiro atoms. The van der Waals surface area contributed by atoms with Gasteiger partial charge in [-0.25, -0.2) is 4.79 Å². The van der Waals surface area contributed by atoms with Crippen LogP contribution in [-0.4, -0.2) is 13.1 Å². The van der Waals surface area contributed by atoms with Crippen LogP contribution in [0.2, 0.25) is 0 Å². The number of carbonyl (C=O) groups is 1. The van der Waals surface area contributed by atoms with Crippen LogP contribution in [0.3, 0.4) is 0 Å². The van der Waals surface area contributed by atoms with Crippen molar-refractivity contribution < 1.29 is 13.9 Å². The topological polar surface area (TPSA) is 51.5 Å². The van der Waals surface area contributed by atoms with Crippen molar-refractivity contribution in [3.63, 3.8) is 0 Å². The minimum atomic E-state index is -0.383. The lowest BCUT2D eigenvalue weighted by Gasteiger charge is -2.00. The van der Waals surface area contributed by atoms with Gasteiger partial charge in [0.1, 0.15) is 12.0 Å². The first kappa shape index (κ1) is 13.3. The fourth-order valence-electron chi connectivity index (χ4n) is 1.45. The van der Waals surface area contributed by atoms with Crippen LogP contribution in [0.15, 0.2) is 32.7 Å². The number of nitrogens with one attached hydrogen (secondary N) is 1. The van der Waals surface area contributed by atoms with Gasteiger partial charge in [0, 0.05) is 15.9 Å². The monoisotopic (exact) mass is 329 g/mol. The Balaban J connectivity index is 1.85. The van der Waals surface area contributed by atoms with Gasteiger partial charge in [-0.05, 0) is 33.4 Å². The number of hydrogen-bond acceptors (Lipinski definition) is 5. The number of rotatable bonds is 5. The van der Waals surface area contributed by atoms with E-state index < -0.39 is 0 Å². The Morgan fingerprint density at radius 1 is 1.56 bits per heavy atom. The molecule has 0 aliphatic rings. The third-order valence-electron chi connectivity index (χ3n) is 2.35. The molecule has 4 nitrogen and oxygen atoms in total. The molecule has 0 bridgehead atoms. The number of hydrogen-bond donors (Lipinski definition) is 1. The summed E-state index contributed by atoms with van der Waals surface area (Å²) in [6.45, 7) is 1.33. The molecular formula is C12H12BrNO3S. The Morgan fingerprint density at radius 2 is 2.39 bits per heavy atom. The van der Waals surface area contributed by atoms with Gasteiger partial charge < -0.3 is 14.5 Å². The first-order valence-corrected chi connectivity index (χ1v) is 6.96. The number of esters is 1. The Kier molecular flexibility index (Phi) is 4.57. The third-order valence-corrected chi connectivity index (χ3v) is 4.28. The van der Waals surface area contributed by atoms with Crippen LogP contribution in [0.4, 0.5) is 0 Å². The van der Waals surface area contributed by atoms with E-state index in [2.05, 4.69) is 26.0 Å². The van der Waals surface area contributed by atoms with Crippen LogP contribution in [0.5, 0.6) is 0 Å². The maximum absolute atomic E-state index is 11.2. The van der Waals surface area contributed by atoms with Crippen LogP contribution < -0.4 is 5.32 Å². The second-order valence-corrected chi connectivity index (χ2v) is 5.44. The summed E-state index contributed by atoms with van der Waals surface area (Å²) < 4.78 is 11.0. The molecule has 18 heavy (non-hydrogen) atoms. The van der Waals surface area contributed by atoms with Gasteiger partial charge in [0.2, 0.25) is 0 Å². The second kappa shape index (κ2) is 6.17. The molecule has 2 rings (SSSR count). The molecule has 0 aliphatic heterocycles. The van der Waals surface area contributed by atoms with Gasteiger partial charge in [-0.2, -0.15) is 0 Å². The number of ether oxygens (including phenoxy) is 1. The lowest BCUT2D eigenvalue weighted by Crippen LogP contribution is -2.11. The fraction of sp³-hybridized carbons (Fsp3) is 0.250. The van der Waals surface area contributed by atoms with E-state index in [1.165, 1.54) is 18.3 Å². The Labute approximate surface area is 117 Å². The second-order valence-electron chi connectivity index (χ2n) is 3.59. The van der Waals surface area contributed by atoms with E-state index in [0.717, 1.165) is 11.0 Å². The van der Waals surface area contributed by atoms with Crippen LogP contribution in [0.1, 0.15) is 21.0 Å². The number of carbonyl (C=O) groups excluding carboxylic acids is 1. The quantitative estimate of drug-likeness (QED) is 0.856. The van der Waals surface area contributed by atoms with Crippen LogP contribution in [0.25, 0.3) is 0 Å². The minimum absolute atomic E-state index is 0.383. The zero-order chi connectivity index (χ0) is 13.0. The zero-order valence-electron chi connectivity index (χ0n) is 9.73. The van der Waals surface area contributed by atoms with E-state index in [0.29, 0.717) is 17.9 Å². The molecule has 2 aromatic heterocycles. The highest BCUT2D eigenvalue weighted by molar-refractivity contribution is 9.10. The molecule has 0 saturated carbocycles. The van der Waals surface area contributed by atoms with Gasteiger partial charge in [0.15, 0.2) is 0 Å². The van der Waals surface area contributed by atoms with Crippen molar-refractivity contribution in [3.8, 4) is 0 Å². The number of furan rings is 1. The van der Waals surface area contributed by atoms with Crippen molar-refractivity contribution in [2.45, 2.75) is 13.1 Å². The summed E-state index contributed by atoms with van der Waals surface area (Å²) in [4.78, 5) is 12.5. The molecule has 1 N–H and O–H groups in total. The van der Waals surface area contributed by atoms with Gasteiger partial charge in [-0.3, -0.25) is 0 Å². The molecule has 0 atom stereocenters. The lowest BCUT2D eigenvalue weighted by molar-refractivity contribution is 0.0600. The lowest BCUT2D eigenvalue weighted by atomic mass is 10.3. The molecule has 0 aromatic carbocycles. The summed E-state index contributed by atoms with van der Waals surface area (Å²) in [5.41, 5.74) is 0.437. The minimum Gasteiger partial charge on any atom is -0.467 e. The van der Waals surface area contributed by atoms with E-state index in [1.54, 1.807) is 17.4 Å². The molecule has 6 heteroatoms. The summed E-state index contributed by atoms with van der Waals surface area (Å²) in [7, 11) is 1.35. The molecule has 2 heterocycles. The van der Waals surface area contributed by atoms with E-state index in [1.807, 2.05) is 11.4 Å². The Morgan fingerprint density at radius 3 is 3.06 bits per heavy atom. The standard InChI is InChI=1S/C12H12BrNO3S/c1-16-12(15)8-4-9(17-7-8)5-14-6-11-10(13)2-3-18-11/h2-4,7,14H,5-6H2,1H3. The highest BCUT2D eigenvalue weighted by atomic mass is 79.9. The third kappa shape index (κ3) is 3.22. The average molecular weight is 330 g/mol. The largest absolute Gasteiger partial charge is 0.467 e. The maximum Gasteiger partial charge on any atom is 0.341 e. The predicted molar refractivity (Wildman–Crippen MR) is 72.6 cm³/mol. The first-order valence-electron chi connectivity index (χ1n) is 5.29. The highest BCUT2D eigenvalue weighted by Gasteiger charge is 2.10. The Bertz CT molecular complexity index is 535. The molecule has 96 valence electrons. The van der Waals surface area contributed by atoms with Crippen molar-refractivity contribution >= 4 is 33.2 Å². The molecule has 0 radical (unpaired) electrons. The molecule has 0 unspecified atom stereocenters. The van der Waals surface area contributed by atoms with E-state index in [-0.39, 0.29) is 5.97 Å². The highest BCUT2D eigenvalue weighted by Crippen LogP contribution is 2.22. The van der Waals surface area contributed by atoms with Crippen molar-refractivity contribution in [1.82, 2.24) is 5.32 Å². The van der Waals surface area contributed by atoms with Crippen molar-refractivity contribution in [3.05, 3.63) is 44.4 Å². The summed E-state index contributed by atoms with van der Waals surface area (Å²) in [6, 6.07) is 3.70. The number of halogens is 1. The van der Waals surface area contributed by atoms with Gasteiger partial charge in [-0.15, -0.1) is 11.3 Å². The Hall–Kier alpha value is -1.11. The van der Waals surface area contributed by atoms with Crippen LogP contribution in [-0.2, 0) is 17.8 Å². The summed E-state index contributed by atoms with van der Waals surface area (Å²) >= 11 is 5.16. The summed E-state index contributed by atoms with van der Waals surface area (Å²) in [5.74, 6) is 0.328. The average Bonchev–Trinajstić information content (AvgIpc) is 2.99. The summed E-state index contributed by atoms with van der Waals surface area (Å²) in [5, 5.41) is 5.28. The normalized spacial score (nSPS) is 10.6. The van der Waals surface area contributed by atoms with Gasteiger partial charge in [0.05, 0.1) is 19.2 Å². The molecule has 0 fully saturated rings. The van der Waals surface area contributed by atoms with Crippen LogP contribution >= 0.6 is 27.3 Å². The van der Waals surface area contributed by atoms with Crippen molar-refractivity contribution in [2.75, 3.05) is 7.11 Å². The van der Waals surface area contributed by atoms with E-state index in [9.17, 15) is 4.79 Å². The SMILES string of the molecule is COC(=O)c1coc(CNCc2sccc2Br)c1. The molecule has 0 saturated heterocycles. The number of methoxy groups -OCH3 is 1. The van der Waals surface area contributed by atoms with Gasteiger partial charge >= 0.3 is 5.97 Å². The van der Waals surface area contributed by atoms with E-state index in [4.69, 9.17) is 4.42 Å². The molecule has 2 aromatic rings. The van der Waals surface area contributed by atoms with Crippen LogP contribution in [0, 0.1) is 0 Å². The van der Waals surface area contributed by atoms with Crippen molar-refractivity contribution in [2.24, 2.45) is 0 Å².